The highest BCUT2D eigenvalue weighted by molar-refractivity contribution is 6.30. The Labute approximate surface area is 172 Å². The van der Waals surface area contributed by atoms with E-state index in [-0.39, 0.29) is 18.4 Å². The van der Waals surface area contributed by atoms with Gasteiger partial charge in [0.05, 0.1) is 0 Å². The van der Waals surface area contributed by atoms with Crippen molar-refractivity contribution in [2.45, 2.75) is 32.2 Å². The molecule has 2 aliphatic rings. The second-order valence-electron chi connectivity index (χ2n) is 7.75. The van der Waals surface area contributed by atoms with Gasteiger partial charge in [0.25, 0.3) is 5.91 Å². The summed E-state index contributed by atoms with van der Waals surface area (Å²) in [6.45, 7) is 7.81. The van der Waals surface area contributed by atoms with Crippen LogP contribution in [0, 0.1) is 0 Å². The summed E-state index contributed by atoms with van der Waals surface area (Å²) in [5.41, 5.74) is 0.573. The van der Waals surface area contributed by atoms with Crippen molar-refractivity contribution in [3.8, 4) is 0 Å². The summed E-state index contributed by atoms with van der Waals surface area (Å²) in [5.74, 6) is -0.0830. The third-order valence-electron chi connectivity index (χ3n) is 5.77. The van der Waals surface area contributed by atoms with Crippen LogP contribution in [0.2, 0.25) is 5.02 Å². The topological polar surface area (TPSA) is 55.9 Å². The molecule has 0 saturated carbocycles. The molecule has 7 heteroatoms. The van der Waals surface area contributed by atoms with Gasteiger partial charge in [-0.1, -0.05) is 18.0 Å². The van der Waals surface area contributed by atoms with Gasteiger partial charge in [0.15, 0.2) is 0 Å². The zero-order chi connectivity index (χ0) is 19.9. The van der Waals surface area contributed by atoms with Crippen LogP contribution >= 0.6 is 11.6 Å². The Morgan fingerprint density at radius 3 is 2.54 bits per heavy atom. The predicted octanol–water partition coefficient (Wildman–Crippen LogP) is 2.09. The molecular formula is C21H31ClN4O2. The first-order valence-electron chi connectivity index (χ1n) is 10.3. The Hall–Kier alpha value is -1.63. The van der Waals surface area contributed by atoms with Crippen LogP contribution in [0.5, 0.6) is 0 Å². The summed E-state index contributed by atoms with van der Waals surface area (Å²) in [6, 6.07) is 7.44. The van der Waals surface area contributed by atoms with Crippen molar-refractivity contribution >= 4 is 23.4 Å². The Morgan fingerprint density at radius 2 is 1.86 bits per heavy atom. The maximum absolute atomic E-state index is 13.1. The number of nitrogens with zero attached hydrogens (tertiary/aromatic N) is 3. The number of amides is 2. The monoisotopic (exact) mass is 406 g/mol. The van der Waals surface area contributed by atoms with Gasteiger partial charge >= 0.3 is 0 Å². The van der Waals surface area contributed by atoms with E-state index >= 15 is 0 Å². The summed E-state index contributed by atoms with van der Waals surface area (Å²) in [6.07, 6.45) is 3.67. The first-order valence-corrected chi connectivity index (χ1v) is 10.7. The molecule has 6 nitrogen and oxygen atoms in total. The van der Waals surface area contributed by atoms with Crippen LogP contribution in [0.3, 0.4) is 0 Å². The van der Waals surface area contributed by atoms with Crippen molar-refractivity contribution in [1.29, 1.82) is 0 Å². The molecule has 1 N–H and O–H groups in total. The van der Waals surface area contributed by atoms with Crippen molar-refractivity contribution in [2.24, 2.45) is 0 Å². The second kappa shape index (κ2) is 10.2. The number of hydrogen-bond donors (Lipinski definition) is 1. The lowest BCUT2D eigenvalue weighted by Crippen LogP contribution is -2.51. The first-order chi connectivity index (χ1) is 13.5. The maximum atomic E-state index is 13.1. The Bertz CT molecular complexity index is 661. The van der Waals surface area contributed by atoms with Gasteiger partial charge in [-0.3, -0.25) is 14.5 Å². The molecule has 1 atom stereocenters. The van der Waals surface area contributed by atoms with Gasteiger partial charge in [0.2, 0.25) is 5.91 Å². The number of carbonyl (C=O) groups is 2. The number of carbonyl (C=O) groups excluding carboxylic acids is 2. The first kappa shape index (κ1) is 21.1. The Kier molecular flexibility index (Phi) is 7.71. The molecule has 2 amide bonds. The van der Waals surface area contributed by atoms with Crippen LogP contribution < -0.4 is 5.32 Å². The van der Waals surface area contributed by atoms with E-state index < -0.39 is 0 Å². The number of likely N-dealkylation sites (tertiary alicyclic amines) is 1. The van der Waals surface area contributed by atoms with E-state index in [9.17, 15) is 9.59 Å². The molecule has 2 heterocycles. The molecule has 0 radical (unpaired) electrons. The average Bonchev–Trinajstić information content (AvgIpc) is 2.72. The van der Waals surface area contributed by atoms with Gasteiger partial charge in [-0.25, -0.2) is 0 Å². The molecule has 2 aliphatic heterocycles. The number of halogens is 1. The molecule has 0 aliphatic carbocycles. The highest BCUT2D eigenvalue weighted by atomic mass is 35.5. The van der Waals surface area contributed by atoms with Gasteiger partial charge in [-0.05, 0) is 50.6 Å². The van der Waals surface area contributed by atoms with E-state index in [0.717, 1.165) is 26.2 Å². The zero-order valence-electron chi connectivity index (χ0n) is 16.7. The SMILES string of the molecule is CC1CCCCN1CCN(CC(=O)N1CCNCC1)C(=O)c1ccc(Cl)cc1. The Balaban J connectivity index is 1.67. The van der Waals surface area contributed by atoms with Crippen LogP contribution in [0.15, 0.2) is 24.3 Å². The molecule has 0 bridgehead atoms. The van der Waals surface area contributed by atoms with Crippen LogP contribution in [0.4, 0.5) is 0 Å². The van der Waals surface area contributed by atoms with Gasteiger partial charge in [-0.15, -0.1) is 0 Å². The van der Waals surface area contributed by atoms with Crippen molar-refractivity contribution in [1.82, 2.24) is 20.0 Å². The largest absolute Gasteiger partial charge is 0.339 e. The molecule has 28 heavy (non-hydrogen) atoms. The van der Waals surface area contributed by atoms with Crippen LogP contribution in [0.25, 0.3) is 0 Å². The summed E-state index contributed by atoms with van der Waals surface area (Å²) in [4.78, 5) is 31.9. The van der Waals surface area contributed by atoms with Gasteiger partial charge in [0.1, 0.15) is 6.54 Å². The molecule has 0 spiro atoms. The van der Waals surface area contributed by atoms with Crippen LogP contribution in [0.1, 0.15) is 36.5 Å². The smallest absolute Gasteiger partial charge is 0.254 e. The molecule has 1 aromatic carbocycles. The molecule has 154 valence electrons. The van der Waals surface area contributed by atoms with Crippen LogP contribution in [-0.4, -0.2) is 84.9 Å². The summed E-state index contributed by atoms with van der Waals surface area (Å²) in [5, 5.41) is 3.86. The number of hydrogen-bond acceptors (Lipinski definition) is 4. The predicted molar refractivity (Wildman–Crippen MR) is 112 cm³/mol. The van der Waals surface area contributed by atoms with Crippen molar-refractivity contribution in [3.05, 3.63) is 34.9 Å². The number of nitrogens with one attached hydrogen (secondary N) is 1. The minimum Gasteiger partial charge on any atom is -0.339 e. The van der Waals surface area contributed by atoms with E-state index in [1.54, 1.807) is 29.2 Å². The fourth-order valence-electron chi connectivity index (χ4n) is 3.94. The number of piperidine rings is 1. The standard InChI is InChI=1S/C21H31ClN4O2/c1-17-4-2-3-11-24(17)14-15-26(16-20(27)25-12-9-23-10-13-25)21(28)18-5-7-19(22)8-6-18/h5-8,17,23H,2-4,9-16H2,1H3. The maximum Gasteiger partial charge on any atom is 0.254 e. The minimum absolute atomic E-state index is 0.0236. The normalized spacial score (nSPS) is 20.8. The molecule has 2 fully saturated rings. The quantitative estimate of drug-likeness (QED) is 0.786. The fraction of sp³-hybridized carbons (Fsp3) is 0.619. The van der Waals surface area contributed by atoms with E-state index in [4.69, 9.17) is 11.6 Å². The van der Waals surface area contributed by atoms with Crippen molar-refractivity contribution in [3.63, 3.8) is 0 Å². The van der Waals surface area contributed by atoms with Crippen LogP contribution in [-0.2, 0) is 4.79 Å². The number of piperazine rings is 1. The van der Waals surface area contributed by atoms with Gasteiger partial charge < -0.3 is 15.1 Å². The van der Waals surface area contributed by atoms with Gasteiger partial charge in [0, 0.05) is 55.9 Å². The summed E-state index contributed by atoms with van der Waals surface area (Å²) < 4.78 is 0. The van der Waals surface area contributed by atoms with E-state index in [1.165, 1.54) is 19.3 Å². The third-order valence-corrected chi connectivity index (χ3v) is 6.02. The lowest BCUT2D eigenvalue weighted by Gasteiger charge is -2.35. The lowest BCUT2D eigenvalue weighted by atomic mass is 10.0. The summed E-state index contributed by atoms with van der Waals surface area (Å²) >= 11 is 5.96. The minimum atomic E-state index is -0.107. The summed E-state index contributed by atoms with van der Waals surface area (Å²) in [7, 11) is 0. The zero-order valence-corrected chi connectivity index (χ0v) is 17.5. The number of rotatable bonds is 6. The molecule has 3 rings (SSSR count). The number of benzene rings is 1. The van der Waals surface area contributed by atoms with E-state index in [2.05, 4.69) is 17.1 Å². The highest BCUT2D eigenvalue weighted by Crippen LogP contribution is 2.17. The second-order valence-corrected chi connectivity index (χ2v) is 8.18. The Morgan fingerprint density at radius 1 is 1.14 bits per heavy atom. The van der Waals surface area contributed by atoms with Gasteiger partial charge in [-0.2, -0.15) is 0 Å². The fourth-order valence-corrected chi connectivity index (χ4v) is 4.07. The molecule has 2 saturated heterocycles. The van der Waals surface area contributed by atoms with Crippen molar-refractivity contribution in [2.75, 3.05) is 52.4 Å². The highest BCUT2D eigenvalue weighted by Gasteiger charge is 2.25. The molecule has 1 aromatic rings. The average molecular weight is 407 g/mol. The third kappa shape index (κ3) is 5.69. The lowest BCUT2D eigenvalue weighted by molar-refractivity contribution is -0.132. The van der Waals surface area contributed by atoms with E-state index in [1.807, 2.05) is 4.90 Å². The van der Waals surface area contributed by atoms with Crippen molar-refractivity contribution < 1.29 is 9.59 Å². The molecule has 1 unspecified atom stereocenters. The van der Waals surface area contributed by atoms with E-state index in [0.29, 0.717) is 36.3 Å². The molecule has 0 aromatic heterocycles. The molecular weight excluding hydrogens is 376 g/mol.